The van der Waals surface area contributed by atoms with E-state index in [4.69, 9.17) is 5.26 Å². The van der Waals surface area contributed by atoms with E-state index in [9.17, 15) is 0 Å². The highest BCUT2D eigenvalue weighted by atomic mass is 15.1. The first-order valence-electron chi connectivity index (χ1n) is 5.76. The first-order chi connectivity index (χ1) is 8.27. The maximum atomic E-state index is 8.53. The molecule has 0 aliphatic heterocycles. The quantitative estimate of drug-likeness (QED) is 0.576. The molecule has 17 heavy (non-hydrogen) atoms. The van der Waals surface area contributed by atoms with Gasteiger partial charge in [0.15, 0.2) is 0 Å². The number of nitriles is 1. The predicted octanol–water partition coefficient (Wildman–Crippen LogP) is 2.31. The zero-order valence-electron chi connectivity index (χ0n) is 10.3. The summed E-state index contributed by atoms with van der Waals surface area (Å²) in [5.41, 5.74) is 2.40. The van der Waals surface area contributed by atoms with Crippen LogP contribution in [-0.4, -0.2) is 20.1 Å². The summed E-state index contributed by atoms with van der Waals surface area (Å²) in [5, 5.41) is 11.8. The van der Waals surface area contributed by atoms with Crippen molar-refractivity contribution < 1.29 is 0 Å². The molecule has 90 valence electrons. The van der Waals surface area contributed by atoms with Gasteiger partial charge in [-0.15, -0.1) is 6.58 Å². The van der Waals surface area contributed by atoms with Crippen LogP contribution in [0.2, 0.25) is 0 Å². The van der Waals surface area contributed by atoms with Crippen molar-refractivity contribution in [3.63, 3.8) is 0 Å². The maximum Gasteiger partial charge on any atom is 0.0640 e. The minimum Gasteiger partial charge on any atom is -0.374 e. The SMILES string of the molecule is C=CCNCc1ccc(N(C)CCC#N)cc1. The van der Waals surface area contributed by atoms with Gasteiger partial charge >= 0.3 is 0 Å². The van der Waals surface area contributed by atoms with Crippen LogP contribution in [0.15, 0.2) is 36.9 Å². The van der Waals surface area contributed by atoms with E-state index in [1.807, 2.05) is 13.1 Å². The van der Waals surface area contributed by atoms with Gasteiger partial charge in [-0.25, -0.2) is 0 Å². The van der Waals surface area contributed by atoms with Crippen molar-refractivity contribution in [3.8, 4) is 6.07 Å². The van der Waals surface area contributed by atoms with Gasteiger partial charge in [0.25, 0.3) is 0 Å². The minimum atomic E-state index is 0.555. The van der Waals surface area contributed by atoms with Crippen LogP contribution < -0.4 is 10.2 Å². The Morgan fingerprint density at radius 2 is 2.12 bits per heavy atom. The summed E-state index contributed by atoms with van der Waals surface area (Å²) in [6.45, 7) is 6.11. The number of hydrogen-bond donors (Lipinski definition) is 1. The molecule has 0 saturated heterocycles. The summed E-state index contributed by atoms with van der Waals surface area (Å²) in [4.78, 5) is 2.09. The van der Waals surface area contributed by atoms with E-state index < -0.39 is 0 Å². The number of hydrogen-bond acceptors (Lipinski definition) is 3. The van der Waals surface area contributed by atoms with Gasteiger partial charge in [0.1, 0.15) is 0 Å². The molecule has 1 rings (SSSR count). The normalized spacial score (nSPS) is 9.65. The molecule has 0 aliphatic carbocycles. The van der Waals surface area contributed by atoms with Crippen molar-refractivity contribution >= 4 is 5.69 Å². The van der Waals surface area contributed by atoms with Gasteiger partial charge in [0, 0.05) is 32.4 Å². The smallest absolute Gasteiger partial charge is 0.0640 e. The van der Waals surface area contributed by atoms with E-state index in [1.165, 1.54) is 5.56 Å². The van der Waals surface area contributed by atoms with Crippen molar-refractivity contribution in [1.29, 1.82) is 5.26 Å². The Morgan fingerprint density at radius 1 is 1.41 bits per heavy atom. The van der Waals surface area contributed by atoms with Crippen molar-refractivity contribution in [2.75, 3.05) is 25.0 Å². The topological polar surface area (TPSA) is 39.1 Å². The van der Waals surface area contributed by atoms with E-state index in [0.717, 1.165) is 25.3 Å². The van der Waals surface area contributed by atoms with Gasteiger partial charge in [-0.1, -0.05) is 18.2 Å². The lowest BCUT2D eigenvalue weighted by Gasteiger charge is -2.17. The second kappa shape index (κ2) is 7.48. The molecule has 0 saturated carbocycles. The summed E-state index contributed by atoms with van der Waals surface area (Å²) in [6, 6.07) is 10.5. The fourth-order valence-corrected chi connectivity index (χ4v) is 1.53. The van der Waals surface area contributed by atoms with Gasteiger partial charge in [-0.05, 0) is 17.7 Å². The largest absolute Gasteiger partial charge is 0.374 e. The van der Waals surface area contributed by atoms with E-state index in [-0.39, 0.29) is 0 Å². The molecule has 0 unspecified atom stereocenters. The van der Waals surface area contributed by atoms with E-state index in [1.54, 1.807) is 0 Å². The van der Waals surface area contributed by atoms with E-state index in [0.29, 0.717) is 6.42 Å². The summed E-state index contributed by atoms with van der Waals surface area (Å²) < 4.78 is 0. The van der Waals surface area contributed by atoms with Crippen molar-refractivity contribution in [1.82, 2.24) is 5.32 Å². The third-order valence-electron chi connectivity index (χ3n) is 2.55. The van der Waals surface area contributed by atoms with Gasteiger partial charge in [0.2, 0.25) is 0 Å². The fraction of sp³-hybridized carbons (Fsp3) is 0.357. The van der Waals surface area contributed by atoms with E-state index in [2.05, 4.69) is 47.1 Å². The summed E-state index contributed by atoms with van der Waals surface area (Å²) in [6.07, 6.45) is 2.41. The first-order valence-corrected chi connectivity index (χ1v) is 5.76. The van der Waals surface area contributed by atoms with Crippen LogP contribution in [0.25, 0.3) is 0 Å². The molecule has 0 aromatic heterocycles. The Kier molecular flexibility index (Phi) is 5.84. The molecular weight excluding hydrogens is 210 g/mol. The van der Waals surface area contributed by atoms with Crippen molar-refractivity contribution in [3.05, 3.63) is 42.5 Å². The monoisotopic (exact) mass is 229 g/mol. The Hall–Kier alpha value is -1.79. The molecule has 1 N–H and O–H groups in total. The zero-order valence-corrected chi connectivity index (χ0v) is 10.3. The lowest BCUT2D eigenvalue weighted by Crippen LogP contribution is -2.18. The Labute approximate surface area is 103 Å². The van der Waals surface area contributed by atoms with Gasteiger partial charge in [-0.3, -0.25) is 0 Å². The molecule has 0 fully saturated rings. The molecule has 3 nitrogen and oxygen atoms in total. The number of nitrogens with zero attached hydrogens (tertiary/aromatic N) is 2. The van der Waals surface area contributed by atoms with Gasteiger partial charge in [-0.2, -0.15) is 5.26 Å². The first kappa shape index (κ1) is 13.3. The maximum absolute atomic E-state index is 8.53. The van der Waals surface area contributed by atoms with Gasteiger partial charge in [0.05, 0.1) is 12.5 Å². The second-order valence-electron chi connectivity index (χ2n) is 3.92. The van der Waals surface area contributed by atoms with Crippen LogP contribution in [0.1, 0.15) is 12.0 Å². The highest BCUT2D eigenvalue weighted by molar-refractivity contribution is 5.46. The molecule has 0 aliphatic rings. The number of benzene rings is 1. The molecule has 0 heterocycles. The molecule has 0 amide bonds. The molecule has 1 aromatic carbocycles. The van der Waals surface area contributed by atoms with E-state index >= 15 is 0 Å². The Balaban J connectivity index is 2.49. The van der Waals surface area contributed by atoms with Crippen LogP contribution in [0.3, 0.4) is 0 Å². The molecule has 0 spiro atoms. The molecule has 0 atom stereocenters. The number of nitrogens with one attached hydrogen (secondary N) is 1. The molecule has 0 bridgehead atoms. The molecule has 0 radical (unpaired) electrons. The number of anilines is 1. The van der Waals surface area contributed by atoms with Crippen LogP contribution in [0.4, 0.5) is 5.69 Å². The Morgan fingerprint density at radius 3 is 2.71 bits per heavy atom. The molecular formula is C14H19N3. The van der Waals surface area contributed by atoms with Crippen molar-refractivity contribution in [2.24, 2.45) is 0 Å². The van der Waals surface area contributed by atoms with Crippen LogP contribution >= 0.6 is 0 Å². The molecule has 1 aromatic rings. The summed E-state index contributed by atoms with van der Waals surface area (Å²) in [7, 11) is 2.00. The average Bonchev–Trinajstić information content (AvgIpc) is 2.37. The van der Waals surface area contributed by atoms with Crippen molar-refractivity contribution in [2.45, 2.75) is 13.0 Å². The van der Waals surface area contributed by atoms with Crippen LogP contribution in [0, 0.1) is 11.3 Å². The molecule has 3 heteroatoms. The Bertz CT molecular complexity index is 375. The second-order valence-corrected chi connectivity index (χ2v) is 3.92. The standard InChI is InChI=1S/C14H19N3/c1-3-10-16-12-13-5-7-14(8-6-13)17(2)11-4-9-15/h3,5-8,16H,1,4,10-12H2,2H3. The fourth-order valence-electron chi connectivity index (χ4n) is 1.53. The van der Waals surface area contributed by atoms with Crippen LogP contribution in [-0.2, 0) is 6.54 Å². The summed E-state index contributed by atoms with van der Waals surface area (Å²) in [5.74, 6) is 0. The van der Waals surface area contributed by atoms with Gasteiger partial charge < -0.3 is 10.2 Å². The lowest BCUT2D eigenvalue weighted by molar-refractivity contribution is 0.760. The third-order valence-corrected chi connectivity index (χ3v) is 2.55. The minimum absolute atomic E-state index is 0.555. The predicted molar refractivity (Wildman–Crippen MR) is 71.8 cm³/mol. The highest BCUT2D eigenvalue weighted by Gasteiger charge is 2.00. The highest BCUT2D eigenvalue weighted by Crippen LogP contribution is 2.13. The summed E-state index contributed by atoms with van der Waals surface area (Å²) >= 11 is 0. The third kappa shape index (κ3) is 4.71. The lowest BCUT2D eigenvalue weighted by atomic mass is 10.2. The average molecular weight is 229 g/mol. The zero-order chi connectivity index (χ0) is 12.5. The number of rotatable bonds is 7. The van der Waals surface area contributed by atoms with Crippen LogP contribution in [0.5, 0.6) is 0 Å².